The average molecular weight is 267 g/mol. The summed E-state index contributed by atoms with van der Waals surface area (Å²) in [5, 5.41) is 24.1. The molecule has 0 spiro atoms. The molecule has 0 amide bonds. The molecule has 2 aromatic carbocycles. The molecule has 0 saturated heterocycles. The summed E-state index contributed by atoms with van der Waals surface area (Å²) in [5.74, 6) is -1.77. The van der Waals surface area contributed by atoms with E-state index in [2.05, 4.69) is 0 Å². The molecule has 0 atom stereocenters. The van der Waals surface area contributed by atoms with Gasteiger partial charge in [-0.05, 0) is 23.6 Å². The third-order valence-corrected chi connectivity index (χ3v) is 3.42. The van der Waals surface area contributed by atoms with E-state index in [0.29, 0.717) is 5.39 Å². The van der Waals surface area contributed by atoms with E-state index in [9.17, 15) is 18.3 Å². The Bertz CT molecular complexity index is 751. The number of carboxylic acid groups (broad SMARTS) is 1. The van der Waals surface area contributed by atoms with Gasteiger partial charge in [-0.3, -0.25) is 0 Å². The van der Waals surface area contributed by atoms with E-state index in [1.54, 1.807) is 0 Å². The zero-order chi connectivity index (χ0) is 13.5. The van der Waals surface area contributed by atoms with E-state index in [1.165, 1.54) is 24.3 Å². The molecule has 0 radical (unpaired) electrons. The maximum atomic E-state index is 11.2. The fourth-order valence-electron chi connectivity index (χ4n) is 1.69. The molecule has 0 unspecified atom stereocenters. The summed E-state index contributed by atoms with van der Waals surface area (Å²) in [5.41, 5.74) is -0.349. The maximum Gasteiger partial charge on any atom is 0.340 e. The van der Waals surface area contributed by atoms with Gasteiger partial charge in [0.1, 0.15) is 11.3 Å². The fraction of sp³-hybridized carbons (Fsp3) is 0. The van der Waals surface area contributed by atoms with E-state index in [-0.39, 0.29) is 15.8 Å². The third-order valence-electron chi connectivity index (χ3n) is 2.51. The smallest absolute Gasteiger partial charge is 0.340 e. The predicted molar refractivity (Wildman–Crippen MR) is 63.9 cm³/mol. The van der Waals surface area contributed by atoms with Crippen LogP contribution in [0.2, 0.25) is 0 Å². The summed E-state index contributed by atoms with van der Waals surface area (Å²) in [6.07, 6.45) is 0. The summed E-state index contributed by atoms with van der Waals surface area (Å²) in [7, 11) is -3.92. The van der Waals surface area contributed by atoms with Gasteiger partial charge in [0.2, 0.25) is 10.0 Å². The number of hydrogen-bond acceptors (Lipinski definition) is 4. The lowest BCUT2D eigenvalue weighted by Gasteiger charge is -2.06. The molecule has 0 aliphatic heterocycles. The average Bonchev–Trinajstić information content (AvgIpc) is 2.26. The number of carbonyl (C=O) groups is 1. The summed E-state index contributed by atoms with van der Waals surface area (Å²) in [4.78, 5) is 10.9. The lowest BCUT2D eigenvalue weighted by molar-refractivity contribution is 0.0696. The van der Waals surface area contributed by atoms with Crippen LogP contribution in [0.3, 0.4) is 0 Å². The van der Waals surface area contributed by atoms with Crippen LogP contribution in [-0.4, -0.2) is 24.6 Å². The first-order chi connectivity index (χ1) is 8.30. The van der Waals surface area contributed by atoms with E-state index in [0.717, 1.165) is 6.07 Å². The minimum Gasteiger partial charge on any atom is -0.507 e. The van der Waals surface area contributed by atoms with Gasteiger partial charge >= 0.3 is 5.97 Å². The van der Waals surface area contributed by atoms with Crippen molar-refractivity contribution in [3.05, 3.63) is 35.9 Å². The van der Waals surface area contributed by atoms with Crippen molar-refractivity contribution in [2.75, 3.05) is 0 Å². The lowest BCUT2D eigenvalue weighted by Crippen LogP contribution is -2.12. The Labute approximate surface area is 102 Å². The minimum absolute atomic E-state index is 0.119. The van der Waals surface area contributed by atoms with Crippen molar-refractivity contribution in [2.24, 2.45) is 5.14 Å². The number of phenols is 1. The number of aromatic hydroxyl groups is 1. The van der Waals surface area contributed by atoms with Gasteiger partial charge in [0, 0.05) is 5.39 Å². The summed E-state index contributed by atoms with van der Waals surface area (Å²) < 4.78 is 22.4. The van der Waals surface area contributed by atoms with E-state index in [4.69, 9.17) is 10.2 Å². The molecule has 0 fully saturated rings. The third kappa shape index (κ3) is 2.01. The van der Waals surface area contributed by atoms with Gasteiger partial charge in [0.05, 0.1) is 4.90 Å². The number of sulfonamides is 1. The van der Waals surface area contributed by atoms with Crippen LogP contribution in [0.5, 0.6) is 5.75 Å². The van der Waals surface area contributed by atoms with Crippen molar-refractivity contribution in [3.63, 3.8) is 0 Å². The van der Waals surface area contributed by atoms with Gasteiger partial charge in [-0.15, -0.1) is 0 Å². The second kappa shape index (κ2) is 3.97. The molecule has 2 aromatic rings. The second-order valence-corrected chi connectivity index (χ2v) is 5.25. The molecular formula is C11H9NO5S. The zero-order valence-corrected chi connectivity index (χ0v) is 9.81. The Hall–Kier alpha value is -2.12. The fourth-order valence-corrected chi connectivity index (χ4v) is 2.23. The van der Waals surface area contributed by atoms with Crippen molar-refractivity contribution in [1.29, 1.82) is 0 Å². The molecule has 0 aliphatic rings. The van der Waals surface area contributed by atoms with Crippen molar-refractivity contribution in [1.82, 2.24) is 0 Å². The van der Waals surface area contributed by atoms with Crippen LogP contribution >= 0.6 is 0 Å². The van der Waals surface area contributed by atoms with E-state index in [1.807, 2.05) is 0 Å². The standard InChI is InChI=1S/C11H9NO5S/c12-18(16,17)7-3-1-6-2-4-9(13)10(11(14)15)8(6)5-7/h1-5,13H,(H,14,15)(H2,12,16,17). The summed E-state index contributed by atoms with van der Waals surface area (Å²) >= 11 is 0. The first kappa shape index (κ1) is 12.3. The Balaban J connectivity index is 2.90. The number of fused-ring (bicyclic) bond motifs is 1. The molecule has 18 heavy (non-hydrogen) atoms. The monoisotopic (exact) mass is 267 g/mol. The van der Waals surface area contributed by atoms with E-state index < -0.39 is 21.7 Å². The summed E-state index contributed by atoms with van der Waals surface area (Å²) in [6.45, 7) is 0. The van der Waals surface area contributed by atoms with Gasteiger partial charge in [0.25, 0.3) is 0 Å². The highest BCUT2D eigenvalue weighted by Gasteiger charge is 2.16. The zero-order valence-electron chi connectivity index (χ0n) is 8.99. The van der Waals surface area contributed by atoms with Crippen molar-refractivity contribution < 1.29 is 23.4 Å². The molecule has 0 aliphatic carbocycles. The van der Waals surface area contributed by atoms with Crippen molar-refractivity contribution in [3.8, 4) is 5.75 Å². The molecular weight excluding hydrogens is 258 g/mol. The number of primary sulfonamides is 1. The maximum absolute atomic E-state index is 11.2. The number of rotatable bonds is 2. The Morgan fingerprint density at radius 3 is 2.33 bits per heavy atom. The topological polar surface area (TPSA) is 118 Å². The van der Waals surface area contributed by atoms with Gasteiger partial charge in [-0.1, -0.05) is 12.1 Å². The Morgan fingerprint density at radius 2 is 1.78 bits per heavy atom. The molecule has 7 heteroatoms. The highest BCUT2D eigenvalue weighted by molar-refractivity contribution is 7.89. The Kier molecular flexibility index (Phi) is 2.72. The highest BCUT2D eigenvalue weighted by Crippen LogP contribution is 2.28. The quantitative estimate of drug-likeness (QED) is 0.746. The van der Waals surface area contributed by atoms with Crippen LogP contribution in [0, 0.1) is 0 Å². The number of benzene rings is 2. The molecule has 94 valence electrons. The minimum atomic E-state index is -3.92. The van der Waals surface area contributed by atoms with Crippen LogP contribution in [0.4, 0.5) is 0 Å². The van der Waals surface area contributed by atoms with Crippen LogP contribution in [0.25, 0.3) is 10.8 Å². The first-order valence-corrected chi connectivity index (χ1v) is 6.37. The SMILES string of the molecule is NS(=O)(=O)c1ccc2ccc(O)c(C(=O)O)c2c1. The molecule has 2 rings (SSSR count). The number of nitrogens with two attached hydrogens (primary N) is 1. The molecule has 0 bridgehead atoms. The van der Waals surface area contributed by atoms with Gasteiger partial charge < -0.3 is 10.2 Å². The van der Waals surface area contributed by atoms with Gasteiger partial charge in [-0.25, -0.2) is 18.4 Å². The Morgan fingerprint density at radius 1 is 1.17 bits per heavy atom. The highest BCUT2D eigenvalue weighted by atomic mass is 32.2. The van der Waals surface area contributed by atoms with Crippen LogP contribution in [0.1, 0.15) is 10.4 Å². The normalized spacial score (nSPS) is 11.6. The van der Waals surface area contributed by atoms with Gasteiger partial charge in [-0.2, -0.15) is 0 Å². The van der Waals surface area contributed by atoms with Gasteiger partial charge in [0.15, 0.2) is 0 Å². The van der Waals surface area contributed by atoms with Crippen LogP contribution in [-0.2, 0) is 10.0 Å². The van der Waals surface area contributed by atoms with Crippen LogP contribution < -0.4 is 5.14 Å². The molecule has 6 nitrogen and oxygen atoms in total. The molecule has 0 saturated carbocycles. The van der Waals surface area contributed by atoms with E-state index >= 15 is 0 Å². The predicted octanol–water partition coefficient (Wildman–Crippen LogP) is 0.891. The molecule has 0 aromatic heterocycles. The molecule has 0 heterocycles. The number of carboxylic acids is 1. The number of aromatic carboxylic acids is 1. The van der Waals surface area contributed by atoms with Crippen molar-refractivity contribution in [2.45, 2.75) is 4.90 Å². The molecule has 4 N–H and O–H groups in total. The second-order valence-electron chi connectivity index (χ2n) is 3.69. The van der Waals surface area contributed by atoms with Crippen LogP contribution in [0.15, 0.2) is 35.2 Å². The summed E-state index contributed by atoms with van der Waals surface area (Å²) in [6, 6.07) is 6.57. The first-order valence-electron chi connectivity index (χ1n) is 4.82. The largest absolute Gasteiger partial charge is 0.507 e. The lowest BCUT2D eigenvalue weighted by atomic mass is 10.0. The number of hydrogen-bond donors (Lipinski definition) is 3. The van der Waals surface area contributed by atoms with Crippen molar-refractivity contribution >= 4 is 26.8 Å².